The first-order chi connectivity index (χ1) is 11.7. The molecule has 24 heavy (non-hydrogen) atoms. The van der Waals surface area contributed by atoms with Crippen LogP contribution in [0.5, 0.6) is 0 Å². The first kappa shape index (κ1) is 15.1. The Morgan fingerprint density at radius 1 is 1.21 bits per heavy atom. The van der Waals surface area contributed by atoms with Gasteiger partial charge < -0.3 is 4.42 Å². The number of aromatic nitrogens is 4. The quantitative estimate of drug-likeness (QED) is 0.796. The van der Waals surface area contributed by atoms with Crippen molar-refractivity contribution < 1.29 is 4.42 Å². The van der Waals surface area contributed by atoms with Gasteiger partial charge in [-0.25, -0.2) is 9.97 Å². The molecule has 1 N–H and O–H groups in total. The molecule has 0 radical (unpaired) electrons. The maximum atomic E-state index is 5.74. The van der Waals surface area contributed by atoms with Crippen molar-refractivity contribution in [3.63, 3.8) is 0 Å². The van der Waals surface area contributed by atoms with Crippen molar-refractivity contribution in [1.82, 2.24) is 25.1 Å². The SMILES string of the molecule is Cc1nc(CN2CCCC2c2nc(-c3ccccc3)n[nH]2)oc1C. The van der Waals surface area contributed by atoms with Gasteiger partial charge in [0.1, 0.15) is 11.6 Å². The van der Waals surface area contributed by atoms with E-state index in [2.05, 4.69) is 20.1 Å². The summed E-state index contributed by atoms with van der Waals surface area (Å²) >= 11 is 0. The summed E-state index contributed by atoms with van der Waals surface area (Å²) in [6.07, 6.45) is 2.22. The summed E-state index contributed by atoms with van der Waals surface area (Å²) in [6, 6.07) is 10.3. The van der Waals surface area contributed by atoms with Crippen molar-refractivity contribution in [2.45, 2.75) is 39.3 Å². The van der Waals surface area contributed by atoms with Crippen molar-refractivity contribution in [2.24, 2.45) is 0 Å². The van der Waals surface area contributed by atoms with Crippen LogP contribution in [0.3, 0.4) is 0 Å². The molecule has 1 unspecified atom stereocenters. The van der Waals surface area contributed by atoms with Gasteiger partial charge in [0.15, 0.2) is 5.82 Å². The predicted octanol–water partition coefficient (Wildman–Crippen LogP) is 3.41. The molecule has 1 aliphatic heterocycles. The third-order valence-electron chi connectivity index (χ3n) is 4.63. The third kappa shape index (κ3) is 2.85. The molecular weight excluding hydrogens is 302 g/mol. The van der Waals surface area contributed by atoms with E-state index < -0.39 is 0 Å². The maximum absolute atomic E-state index is 5.74. The summed E-state index contributed by atoms with van der Waals surface area (Å²) in [5.74, 6) is 3.35. The van der Waals surface area contributed by atoms with Crippen LogP contribution in [-0.2, 0) is 6.54 Å². The molecule has 0 saturated carbocycles. The normalized spacial score (nSPS) is 18.3. The van der Waals surface area contributed by atoms with E-state index in [4.69, 9.17) is 9.40 Å². The van der Waals surface area contributed by atoms with E-state index >= 15 is 0 Å². The minimum atomic E-state index is 0.238. The van der Waals surface area contributed by atoms with Crippen LogP contribution in [0, 0.1) is 13.8 Å². The van der Waals surface area contributed by atoms with Crippen LogP contribution < -0.4 is 0 Å². The molecule has 2 aromatic heterocycles. The fourth-order valence-electron chi connectivity index (χ4n) is 3.25. The maximum Gasteiger partial charge on any atom is 0.208 e. The average Bonchev–Trinajstić information content (AvgIpc) is 3.30. The lowest BCUT2D eigenvalue weighted by atomic mass is 10.2. The van der Waals surface area contributed by atoms with Crippen molar-refractivity contribution >= 4 is 0 Å². The van der Waals surface area contributed by atoms with Crippen LogP contribution >= 0.6 is 0 Å². The summed E-state index contributed by atoms with van der Waals surface area (Å²) < 4.78 is 5.74. The third-order valence-corrected chi connectivity index (χ3v) is 4.63. The lowest BCUT2D eigenvalue weighted by molar-refractivity contribution is 0.215. The second-order valence-electron chi connectivity index (χ2n) is 6.29. The van der Waals surface area contributed by atoms with E-state index in [0.717, 1.165) is 53.9 Å². The standard InChI is InChI=1S/C18H21N5O/c1-12-13(2)24-16(19-12)11-23-10-6-9-15(23)18-20-17(21-22-18)14-7-4-3-5-8-14/h3-5,7-8,15H,6,9-11H2,1-2H3,(H,20,21,22). The molecule has 1 aromatic carbocycles. The Morgan fingerprint density at radius 2 is 2.04 bits per heavy atom. The van der Waals surface area contributed by atoms with Crippen molar-refractivity contribution in [3.8, 4) is 11.4 Å². The molecule has 124 valence electrons. The smallest absolute Gasteiger partial charge is 0.208 e. The van der Waals surface area contributed by atoms with Gasteiger partial charge >= 0.3 is 0 Å². The lowest BCUT2D eigenvalue weighted by Crippen LogP contribution is -2.23. The van der Waals surface area contributed by atoms with Crippen LogP contribution in [0.4, 0.5) is 0 Å². The topological polar surface area (TPSA) is 70.8 Å². The number of oxazole rings is 1. The monoisotopic (exact) mass is 323 g/mol. The second-order valence-corrected chi connectivity index (χ2v) is 6.29. The van der Waals surface area contributed by atoms with Crippen LogP contribution in [-0.4, -0.2) is 31.6 Å². The zero-order chi connectivity index (χ0) is 16.5. The predicted molar refractivity (Wildman–Crippen MR) is 90.2 cm³/mol. The number of nitrogens with zero attached hydrogens (tertiary/aromatic N) is 4. The molecule has 6 heteroatoms. The van der Waals surface area contributed by atoms with Gasteiger partial charge in [-0.2, -0.15) is 5.10 Å². The Bertz CT molecular complexity index is 804. The molecule has 1 fully saturated rings. The van der Waals surface area contributed by atoms with E-state index in [1.54, 1.807) is 0 Å². The van der Waals surface area contributed by atoms with E-state index in [9.17, 15) is 0 Å². The summed E-state index contributed by atoms with van der Waals surface area (Å²) in [7, 11) is 0. The van der Waals surface area contributed by atoms with Crippen LogP contribution in [0.1, 0.15) is 42.1 Å². The average molecular weight is 323 g/mol. The van der Waals surface area contributed by atoms with Gasteiger partial charge in [-0.3, -0.25) is 10.00 Å². The molecule has 0 bridgehead atoms. The molecule has 6 nitrogen and oxygen atoms in total. The molecule has 1 atom stereocenters. The lowest BCUT2D eigenvalue weighted by Gasteiger charge is -2.20. The number of likely N-dealkylation sites (tertiary alicyclic amines) is 1. The number of aromatic amines is 1. The largest absolute Gasteiger partial charge is 0.444 e. The number of hydrogen-bond donors (Lipinski definition) is 1. The second kappa shape index (κ2) is 6.20. The van der Waals surface area contributed by atoms with Gasteiger partial charge in [0.25, 0.3) is 0 Å². The Labute approximate surface area is 140 Å². The van der Waals surface area contributed by atoms with E-state index in [1.807, 2.05) is 44.2 Å². The van der Waals surface area contributed by atoms with Gasteiger partial charge in [0.2, 0.25) is 5.89 Å². The molecule has 0 amide bonds. The molecule has 3 heterocycles. The van der Waals surface area contributed by atoms with Crippen LogP contribution in [0.15, 0.2) is 34.7 Å². The van der Waals surface area contributed by atoms with Crippen LogP contribution in [0.2, 0.25) is 0 Å². The molecular formula is C18H21N5O. The van der Waals surface area contributed by atoms with Gasteiger partial charge in [-0.15, -0.1) is 0 Å². The van der Waals surface area contributed by atoms with Gasteiger partial charge in [0.05, 0.1) is 18.3 Å². The Balaban J connectivity index is 1.53. The number of rotatable bonds is 4. The molecule has 1 aliphatic rings. The number of benzene rings is 1. The summed E-state index contributed by atoms with van der Waals surface area (Å²) in [4.78, 5) is 11.6. The summed E-state index contributed by atoms with van der Waals surface area (Å²) in [6.45, 7) is 5.66. The molecule has 0 aliphatic carbocycles. The van der Waals surface area contributed by atoms with Crippen LogP contribution in [0.25, 0.3) is 11.4 Å². The minimum absolute atomic E-state index is 0.238. The number of H-pyrrole nitrogens is 1. The fraction of sp³-hybridized carbons (Fsp3) is 0.389. The zero-order valence-electron chi connectivity index (χ0n) is 14.0. The Kier molecular flexibility index (Phi) is 3.90. The molecule has 3 aromatic rings. The molecule has 0 spiro atoms. The van der Waals surface area contributed by atoms with Crippen molar-refractivity contribution in [3.05, 3.63) is 53.5 Å². The first-order valence-electron chi connectivity index (χ1n) is 8.35. The van der Waals surface area contributed by atoms with E-state index in [1.165, 1.54) is 0 Å². The molecule has 4 rings (SSSR count). The van der Waals surface area contributed by atoms with E-state index in [-0.39, 0.29) is 6.04 Å². The highest BCUT2D eigenvalue weighted by Crippen LogP contribution is 2.32. The Morgan fingerprint density at radius 3 is 2.79 bits per heavy atom. The number of hydrogen-bond acceptors (Lipinski definition) is 5. The van der Waals surface area contributed by atoms with Gasteiger partial charge in [0, 0.05) is 5.56 Å². The zero-order valence-corrected chi connectivity index (χ0v) is 14.0. The fourth-order valence-corrected chi connectivity index (χ4v) is 3.25. The summed E-state index contributed by atoms with van der Waals surface area (Å²) in [5.41, 5.74) is 2.00. The van der Waals surface area contributed by atoms with Gasteiger partial charge in [-0.05, 0) is 33.2 Å². The minimum Gasteiger partial charge on any atom is -0.444 e. The highest BCUT2D eigenvalue weighted by atomic mass is 16.4. The van der Waals surface area contributed by atoms with E-state index in [0.29, 0.717) is 6.54 Å². The van der Waals surface area contributed by atoms with Crippen molar-refractivity contribution in [2.75, 3.05) is 6.54 Å². The van der Waals surface area contributed by atoms with Crippen molar-refractivity contribution in [1.29, 1.82) is 0 Å². The first-order valence-corrected chi connectivity index (χ1v) is 8.35. The molecule has 1 saturated heterocycles. The number of aryl methyl sites for hydroxylation is 2. The Hall–Kier alpha value is -2.47. The summed E-state index contributed by atoms with van der Waals surface area (Å²) in [5, 5.41) is 7.51. The number of nitrogens with one attached hydrogen (secondary N) is 1. The van der Waals surface area contributed by atoms with Gasteiger partial charge in [-0.1, -0.05) is 30.3 Å². The highest BCUT2D eigenvalue weighted by molar-refractivity contribution is 5.53. The highest BCUT2D eigenvalue weighted by Gasteiger charge is 2.30.